The van der Waals surface area contributed by atoms with E-state index in [1.807, 2.05) is 13.8 Å². The zero-order chi connectivity index (χ0) is 15.4. The second-order valence-electron chi connectivity index (χ2n) is 4.91. The quantitative estimate of drug-likeness (QED) is 0.878. The molecule has 0 aliphatic heterocycles. The summed E-state index contributed by atoms with van der Waals surface area (Å²) in [5, 5.41) is 6.48. The van der Waals surface area contributed by atoms with Gasteiger partial charge in [0.25, 0.3) is 0 Å². The lowest BCUT2D eigenvalue weighted by Crippen LogP contribution is -2.40. The first-order chi connectivity index (χ1) is 10.0. The van der Waals surface area contributed by atoms with Crippen molar-refractivity contribution >= 4 is 11.6 Å². The van der Waals surface area contributed by atoms with Crippen molar-refractivity contribution in [2.24, 2.45) is 11.7 Å². The van der Waals surface area contributed by atoms with Gasteiger partial charge in [-0.15, -0.1) is 0 Å². The Morgan fingerprint density at radius 1 is 1.52 bits per heavy atom. The van der Waals surface area contributed by atoms with Crippen molar-refractivity contribution in [1.82, 2.24) is 14.8 Å². The number of amides is 1. The van der Waals surface area contributed by atoms with E-state index in [1.54, 1.807) is 6.07 Å². The molecule has 1 aromatic carbocycles. The van der Waals surface area contributed by atoms with Gasteiger partial charge in [0.15, 0.2) is 5.82 Å². The number of hydrogen-bond acceptors (Lipinski definition) is 4. The van der Waals surface area contributed by atoms with Gasteiger partial charge in [0.05, 0.1) is 6.04 Å². The number of nitrogens with one attached hydrogen (secondary N) is 1. The predicted molar refractivity (Wildman–Crippen MR) is 77.4 cm³/mol. The van der Waals surface area contributed by atoms with Crippen molar-refractivity contribution in [3.63, 3.8) is 0 Å². The standard InChI is InChI=1S/C14H18FN5O/c1-3-9(2)13(16)14(21)19-10-4-5-12(11(15)6-10)20-8-17-7-18-20/h4-9,13H,3,16H2,1-2H3,(H,19,21)/t9?,13-/m0/s1. The van der Waals surface area contributed by atoms with Crippen LogP contribution in [-0.2, 0) is 4.79 Å². The predicted octanol–water partition coefficient (Wildman–Crippen LogP) is 1.72. The van der Waals surface area contributed by atoms with E-state index < -0.39 is 11.9 Å². The Labute approximate surface area is 122 Å². The highest BCUT2D eigenvalue weighted by molar-refractivity contribution is 5.94. The lowest BCUT2D eigenvalue weighted by Gasteiger charge is -2.17. The van der Waals surface area contributed by atoms with Gasteiger partial charge in [-0.1, -0.05) is 20.3 Å². The molecule has 7 heteroatoms. The third-order valence-corrected chi connectivity index (χ3v) is 3.44. The molecule has 1 heterocycles. The van der Waals surface area contributed by atoms with E-state index in [9.17, 15) is 9.18 Å². The Balaban J connectivity index is 2.12. The molecule has 3 N–H and O–H groups in total. The first-order valence-corrected chi connectivity index (χ1v) is 6.74. The lowest BCUT2D eigenvalue weighted by molar-refractivity contribution is -0.118. The minimum absolute atomic E-state index is 0.0595. The monoisotopic (exact) mass is 291 g/mol. The summed E-state index contributed by atoms with van der Waals surface area (Å²) in [6.45, 7) is 3.86. The second kappa shape index (κ2) is 6.45. The zero-order valence-corrected chi connectivity index (χ0v) is 12.0. The first-order valence-electron chi connectivity index (χ1n) is 6.74. The third kappa shape index (κ3) is 3.43. The highest BCUT2D eigenvalue weighted by atomic mass is 19.1. The smallest absolute Gasteiger partial charge is 0.241 e. The summed E-state index contributed by atoms with van der Waals surface area (Å²) in [6.07, 6.45) is 3.52. The largest absolute Gasteiger partial charge is 0.325 e. The van der Waals surface area contributed by atoms with Crippen LogP contribution in [0.15, 0.2) is 30.9 Å². The highest BCUT2D eigenvalue weighted by Crippen LogP contribution is 2.18. The summed E-state index contributed by atoms with van der Waals surface area (Å²) in [5.74, 6) is -0.767. The summed E-state index contributed by atoms with van der Waals surface area (Å²) >= 11 is 0. The minimum atomic E-state index is -0.618. The summed E-state index contributed by atoms with van der Waals surface area (Å²) in [5.41, 5.74) is 6.46. The number of nitrogens with two attached hydrogens (primary N) is 1. The Kier molecular flexibility index (Phi) is 4.64. The topological polar surface area (TPSA) is 85.8 Å². The molecule has 2 rings (SSSR count). The molecule has 0 aliphatic carbocycles. The maximum Gasteiger partial charge on any atom is 0.241 e. The lowest BCUT2D eigenvalue weighted by atomic mass is 9.99. The number of anilines is 1. The maximum atomic E-state index is 14.0. The molecule has 2 atom stereocenters. The van der Waals surface area contributed by atoms with E-state index in [4.69, 9.17) is 5.73 Å². The molecule has 2 aromatic rings. The fourth-order valence-corrected chi connectivity index (χ4v) is 1.84. The fourth-order valence-electron chi connectivity index (χ4n) is 1.84. The van der Waals surface area contributed by atoms with Gasteiger partial charge in [0.2, 0.25) is 5.91 Å². The van der Waals surface area contributed by atoms with Crippen molar-refractivity contribution in [1.29, 1.82) is 0 Å². The molecular weight excluding hydrogens is 273 g/mol. The average Bonchev–Trinajstić information content (AvgIpc) is 2.99. The van der Waals surface area contributed by atoms with Crippen LogP contribution >= 0.6 is 0 Å². The summed E-state index contributed by atoms with van der Waals surface area (Å²) in [6, 6.07) is 3.74. The molecule has 21 heavy (non-hydrogen) atoms. The van der Waals surface area contributed by atoms with E-state index in [0.29, 0.717) is 5.69 Å². The number of aromatic nitrogens is 3. The molecule has 0 fully saturated rings. The van der Waals surface area contributed by atoms with Crippen LogP contribution in [0.25, 0.3) is 5.69 Å². The average molecular weight is 291 g/mol. The van der Waals surface area contributed by atoms with Crippen LogP contribution in [0.3, 0.4) is 0 Å². The Morgan fingerprint density at radius 2 is 2.29 bits per heavy atom. The van der Waals surface area contributed by atoms with Gasteiger partial charge >= 0.3 is 0 Å². The van der Waals surface area contributed by atoms with Crippen molar-refractivity contribution in [3.8, 4) is 5.69 Å². The second-order valence-corrected chi connectivity index (χ2v) is 4.91. The Bertz CT molecular complexity index is 614. The molecule has 0 spiro atoms. The number of rotatable bonds is 5. The zero-order valence-electron chi connectivity index (χ0n) is 12.0. The van der Waals surface area contributed by atoms with Crippen LogP contribution in [0, 0.1) is 11.7 Å². The van der Waals surface area contributed by atoms with Gasteiger partial charge in [-0.05, 0) is 24.1 Å². The van der Waals surface area contributed by atoms with Gasteiger partial charge in [-0.3, -0.25) is 4.79 Å². The number of halogens is 1. The van der Waals surface area contributed by atoms with Gasteiger partial charge in [-0.2, -0.15) is 5.10 Å². The number of hydrogen-bond donors (Lipinski definition) is 2. The molecule has 0 saturated carbocycles. The van der Waals surface area contributed by atoms with E-state index in [2.05, 4.69) is 15.4 Å². The summed E-state index contributed by atoms with van der Waals surface area (Å²) < 4.78 is 15.3. The van der Waals surface area contributed by atoms with Crippen LogP contribution in [0.2, 0.25) is 0 Å². The van der Waals surface area contributed by atoms with Crippen LogP contribution in [0.4, 0.5) is 10.1 Å². The number of carbonyl (C=O) groups is 1. The van der Waals surface area contributed by atoms with Crippen molar-refractivity contribution in [2.45, 2.75) is 26.3 Å². The normalized spacial score (nSPS) is 13.7. The number of benzene rings is 1. The van der Waals surface area contributed by atoms with Gasteiger partial charge in [0.1, 0.15) is 18.3 Å². The van der Waals surface area contributed by atoms with Crippen molar-refractivity contribution in [3.05, 3.63) is 36.7 Å². The molecule has 0 radical (unpaired) electrons. The molecule has 6 nitrogen and oxygen atoms in total. The molecule has 0 bridgehead atoms. The fraction of sp³-hybridized carbons (Fsp3) is 0.357. The van der Waals surface area contributed by atoms with E-state index in [0.717, 1.165) is 6.42 Å². The SMILES string of the molecule is CCC(C)[C@H](N)C(=O)Nc1ccc(-n2cncn2)c(F)c1. The number of nitrogens with zero attached hydrogens (tertiary/aromatic N) is 3. The van der Waals surface area contributed by atoms with E-state index in [-0.39, 0.29) is 17.5 Å². The van der Waals surface area contributed by atoms with E-state index >= 15 is 0 Å². The molecule has 1 aromatic heterocycles. The van der Waals surface area contributed by atoms with Crippen LogP contribution in [0.5, 0.6) is 0 Å². The van der Waals surface area contributed by atoms with E-state index in [1.165, 1.54) is 29.5 Å². The van der Waals surface area contributed by atoms with Crippen LogP contribution in [-0.4, -0.2) is 26.7 Å². The third-order valence-electron chi connectivity index (χ3n) is 3.44. The van der Waals surface area contributed by atoms with Crippen LogP contribution in [0.1, 0.15) is 20.3 Å². The van der Waals surface area contributed by atoms with Gasteiger partial charge in [-0.25, -0.2) is 14.1 Å². The van der Waals surface area contributed by atoms with Gasteiger partial charge in [0, 0.05) is 5.69 Å². The Hall–Kier alpha value is -2.28. The molecule has 1 unspecified atom stereocenters. The highest BCUT2D eigenvalue weighted by Gasteiger charge is 2.19. The summed E-state index contributed by atoms with van der Waals surface area (Å²) in [7, 11) is 0. The molecule has 1 amide bonds. The molecule has 0 aliphatic rings. The van der Waals surface area contributed by atoms with Crippen molar-refractivity contribution in [2.75, 3.05) is 5.32 Å². The van der Waals surface area contributed by atoms with Crippen LogP contribution < -0.4 is 11.1 Å². The Morgan fingerprint density at radius 3 is 2.86 bits per heavy atom. The maximum absolute atomic E-state index is 14.0. The molecule has 112 valence electrons. The molecular formula is C14H18FN5O. The minimum Gasteiger partial charge on any atom is -0.325 e. The molecule has 0 saturated heterocycles. The number of carbonyl (C=O) groups excluding carboxylic acids is 1. The first kappa shape index (κ1) is 15.1. The van der Waals surface area contributed by atoms with Gasteiger partial charge < -0.3 is 11.1 Å². The van der Waals surface area contributed by atoms with Crippen molar-refractivity contribution < 1.29 is 9.18 Å². The summed E-state index contributed by atoms with van der Waals surface area (Å²) in [4.78, 5) is 15.7.